The van der Waals surface area contributed by atoms with Gasteiger partial charge in [0, 0.05) is 31.4 Å². The summed E-state index contributed by atoms with van der Waals surface area (Å²) in [5, 5.41) is 23.9. The van der Waals surface area contributed by atoms with Crippen molar-refractivity contribution in [1.29, 1.82) is 0 Å². The van der Waals surface area contributed by atoms with Crippen LogP contribution >= 0.6 is 0 Å². The van der Waals surface area contributed by atoms with E-state index in [-0.39, 0.29) is 23.5 Å². The van der Waals surface area contributed by atoms with Crippen molar-refractivity contribution in [3.8, 4) is 0 Å². The minimum absolute atomic E-state index is 0.0528. The smallest absolute Gasteiger partial charge is 0.363 e. The van der Waals surface area contributed by atoms with Crippen molar-refractivity contribution >= 4 is 17.8 Å². The molecular formula is C19H21N3O7. The lowest BCUT2D eigenvalue weighted by Gasteiger charge is -2.28. The number of carboxylic acid groups (broad SMARTS) is 1. The van der Waals surface area contributed by atoms with Crippen LogP contribution in [0.3, 0.4) is 0 Å². The second-order valence-corrected chi connectivity index (χ2v) is 6.80. The Morgan fingerprint density at radius 2 is 2.03 bits per heavy atom. The van der Waals surface area contributed by atoms with Gasteiger partial charge in [0.15, 0.2) is 0 Å². The van der Waals surface area contributed by atoms with Crippen molar-refractivity contribution in [2.75, 3.05) is 6.54 Å². The van der Waals surface area contributed by atoms with Gasteiger partial charge >= 0.3 is 23.2 Å². The first-order chi connectivity index (χ1) is 13.6. The number of esters is 1. The quantitative estimate of drug-likeness (QED) is 0.302. The van der Waals surface area contributed by atoms with Gasteiger partial charge in [0.25, 0.3) is 0 Å². The van der Waals surface area contributed by atoms with E-state index in [2.05, 4.69) is 10.3 Å². The number of aromatic nitrogens is 1. The van der Waals surface area contributed by atoms with Crippen molar-refractivity contribution in [3.63, 3.8) is 0 Å². The number of aliphatic carboxylic acids is 1. The second-order valence-electron chi connectivity index (χ2n) is 6.80. The molecule has 0 spiro atoms. The normalized spacial score (nSPS) is 18.7. The lowest BCUT2D eigenvalue weighted by molar-refractivity contribution is -0.440. The van der Waals surface area contributed by atoms with Crippen LogP contribution in [0.5, 0.6) is 0 Å². The fraction of sp³-hybridized carbons (Fsp3) is 0.368. The summed E-state index contributed by atoms with van der Waals surface area (Å²) in [6, 6.07) is 1.44. The van der Waals surface area contributed by atoms with E-state index in [9.17, 15) is 29.6 Å². The van der Waals surface area contributed by atoms with Gasteiger partial charge in [-0.1, -0.05) is 5.57 Å². The van der Waals surface area contributed by atoms with Gasteiger partial charge < -0.3 is 15.2 Å². The summed E-state index contributed by atoms with van der Waals surface area (Å²) in [5.74, 6) is -2.92. The molecule has 1 aromatic rings. The Bertz CT molecular complexity index is 935. The SMILES string of the molecule is CC(=O)NCCc1cncc(C(=O)OC2(C(=O)O)C=C(C)CC(C)=C2[N+](=O)[O-])c1. The number of carbonyl (C=O) groups excluding carboxylic acids is 2. The number of carboxylic acids is 1. The summed E-state index contributed by atoms with van der Waals surface area (Å²) in [4.78, 5) is 50.3. The van der Waals surface area contributed by atoms with Crippen LogP contribution in [0, 0.1) is 10.1 Å². The number of nitrogens with zero attached hydrogens (tertiary/aromatic N) is 2. The van der Waals surface area contributed by atoms with Crippen molar-refractivity contribution in [2.24, 2.45) is 0 Å². The number of ether oxygens (including phenoxy) is 1. The Labute approximate surface area is 166 Å². The van der Waals surface area contributed by atoms with E-state index in [0.717, 1.165) is 6.08 Å². The van der Waals surface area contributed by atoms with E-state index in [1.807, 2.05) is 0 Å². The van der Waals surface area contributed by atoms with E-state index < -0.39 is 28.2 Å². The maximum Gasteiger partial charge on any atom is 0.363 e. The van der Waals surface area contributed by atoms with Crippen molar-refractivity contribution in [2.45, 2.75) is 39.2 Å². The van der Waals surface area contributed by atoms with Crippen molar-refractivity contribution in [3.05, 3.63) is 62.6 Å². The molecule has 0 saturated carbocycles. The van der Waals surface area contributed by atoms with Gasteiger partial charge in [-0.05, 0) is 44.4 Å². The Morgan fingerprint density at radius 1 is 1.34 bits per heavy atom. The van der Waals surface area contributed by atoms with Crippen LogP contribution in [0.4, 0.5) is 0 Å². The van der Waals surface area contributed by atoms with E-state index >= 15 is 0 Å². The molecule has 2 rings (SSSR count). The Balaban J connectivity index is 2.35. The van der Waals surface area contributed by atoms with Gasteiger partial charge in [-0.3, -0.25) is 19.9 Å². The number of rotatable bonds is 7. The zero-order valence-electron chi connectivity index (χ0n) is 16.2. The zero-order chi connectivity index (χ0) is 21.8. The molecule has 1 aliphatic rings. The number of nitrogens with one attached hydrogen (secondary N) is 1. The largest absolute Gasteiger partial charge is 0.478 e. The molecule has 10 heteroatoms. The molecule has 29 heavy (non-hydrogen) atoms. The molecule has 0 radical (unpaired) electrons. The Morgan fingerprint density at radius 3 is 2.62 bits per heavy atom. The summed E-state index contributed by atoms with van der Waals surface area (Å²) in [7, 11) is 0. The monoisotopic (exact) mass is 403 g/mol. The molecular weight excluding hydrogens is 382 g/mol. The second kappa shape index (κ2) is 8.63. The number of allylic oxidation sites excluding steroid dienone is 2. The minimum atomic E-state index is -2.53. The van der Waals surface area contributed by atoms with Crippen LogP contribution in [0.15, 0.2) is 41.4 Å². The van der Waals surface area contributed by atoms with Gasteiger partial charge in [0.2, 0.25) is 5.91 Å². The topological polar surface area (TPSA) is 149 Å². The molecule has 1 amide bonds. The summed E-state index contributed by atoms with van der Waals surface area (Å²) in [6.45, 7) is 4.74. The first-order valence-corrected chi connectivity index (χ1v) is 8.75. The maximum atomic E-state index is 12.7. The first kappa shape index (κ1) is 21.7. The van der Waals surface area contributed by atoms with Crippen LogP contribution in [-0.4, -0.2) is 45.0 Å². The summed E-state index contributed by atoms with van der Waals surface area (Å²) < 4.78 is 5.21. The molecule has 154 valence electrons. The molecule has 1 aliphatic carbocycles. The molecule has 0 fully saturated rings. The highest BCUT2D eigenvalue weighted by Crippen LogP contribution is 2.36. The molecule has 1 aromatic heterocycles. The summed E-state index contributed by atoms with van der Waals surface area (Å²) >= 11 is 0. The van der Waals surface area contributed by atoms with Crippen LogP contribution in [0.25, 0.3) is 0 Å². The highest BCUT2D eigenvalue weighted by atomic mass is 16.6. The predicted molar refractivity (Wildman–Crippen MR) is 100 cm³/mol. The fourth-order valence-electron chi connectivity index (χ4n) is 3.19. The minimum Gasteiger partial charge on any atom is -0.478 e. The third kappa shape index (κ3) is 4.84. The molecule has 2 N–H and O–H groups in total. The number of nitro groups is 1. The lowest BCUT2D eigenvalue weighted by Crippen LogP contribution is -2.47. The predicted octanol–water partition coefficient (Wildman–Crippen LogP) is 1.64. The van der Waals surface area contributed by atoms with Gasteiger partial charge in [-0.25, -0.2) is 9.59 Å². The van der Waals surface area contributed by atoms with E-state index in [4.69, 9.17) is 4.74 Å². The third-order valence-corrected chi connectivity index (χ3v) is 4.32. The number of hydrogen-bond donors (Lipinski definition) is 2. The molecule has 0 aliphatic heterocycles. The van der Waals surface area contributed by atoms with Crippen LogP contribution < -0.4 is 5.32 Å². The van der Waals surface area contributed by atoms with Gasteiger partial charge in [-0.15, -0.1) is 0 Å². The first-order valence-electron chi connectivity index (χ1n) is 8.75. The molecule has 1 atom stereocenters. The zero-order valence-corrected chi connectivity index (χ0v) is 16.2. The fourth-order valence-corrected chi connectivity index (χ4v) is 3.19. The number of hydrogen-bond acceptors (Lipinski definition) is 7. The van der Waals surface area contributed by atoms with E-state index in [1.54, 1.807) is 6.92 Å². The molecule has 0 bridgehead atoms. The average Bonchev–Trinajstić information content (AvgIpc) is 2.60. The van der Waals surface area contributed by atoms with E-state index in [1.165, 1.54) is 32.3 Å². The van der Waals surface area contributed by atoms with Crippen molar-refractivity contribution < 1.29 is 29.2 Å². The lowest BCUT2D eigenvalue weighted by atomic mass is 9.85. The molecule has 1 heterocycles. The van der Waals surface area contributed by atoms with Crippen LogP contribution in [-0.2, 0) is 20.7 Å². The van der Waals surface area contributed by atoms with Gasteiger partial charge in [-0.2, -0.15) is 0 Å². The highest BCUT2D eigenvalue weighted by molar-refractivity contribution is 5.94. The Hall–Kier alpha value is -3.56. The van der Waals surface area contributed by atoms with Gasteiger partial charge in [0.05, 0.1) is 10.5 Å². The molecule has 0 saturated heterocycles. The average molecular weight is 403 g/mol. The van der Waals surface area contributed by atoms with Crippen molar-refractivity contribution in [1.82, 2.24) is 10.3 Å². The highest BCUT2D eigenvalue weighted by Gasteiger charge is 2.55. The molecule has 1 unspecified atom stereocenters. The third-order valence-electron chi connectivity index (χ3n) is 4.32. The van der Waals surface area contributed by atoms with E-state index in [0.29, 0.717) is 24.1 Å². The Kier molecular flexibility index (Phi) is 6.47. The number of amides is 1. The van der Waals surface area contributed by atoms with Crippen LogP contribution in [0.2, 0.25) is 0 Å². The standard InChI is InChI=1S/C19H21N3O7/c1-11-6-12(2)16(22(27)28)19(8-11,18(25)26)29-17(24)15-7-14(9-20-10-15)4-5-21-13(3)23/h7-10H,4-6H2,1-3H3,(H,21,23)(H,25,26). The summed E-state index contributed by atoms with van der Waals surface area (Å²) in [6.07, 6.45) is 4.36. The maximum absolute atomic E-state index is 12.7. The summed E-state index contributed by atoms with van der Waals surface area (Å²) in [5.41, 5.74) is -1.92. The van der Waals surface area contributed by atoms with Gasteiger partial charge in [0.1, 0.15) is 0 Å². The van der Waals surface area contributed by atoms with Crippen LogP contribution in [0.1, 0.15) is 43.1 Å². The number of pyridine rings is 1. The molecule has 0 aromatic carbocycles. The number of carbonyl (C=O) groups is 3. The molecule has 10 nitrogen and oxygen atoms in total.